The van der Waals surface area contributed by atoms with E-state index in [2.05, 4.69) is 5.10 Å². The molecule has 1 N–H and O–H groups in total. The summed E-state index contributed by atoms with van der Waals surface area (Å²) >= 11 is 6.30. The second kappa shape index (κ2) is 5.66. The minimum atomic E-state index is -0.749. The fourth-order valence-electron chi connectivity index (χ4n) is 3.12. The number of benzene rings is 1. The van der Waals surface area contributed by atoms with Gasteiger partial charge in [-0.1, -0.05) is 24.1 Å². The van der Waals surface area contributed by atoms with Crippen LogP contribution in [0.3, 0.4) is 0 Å². The topological polar surface area (TPSA) is 58.4 Å². The standard InChI is InChI=1S/C15H18ClN3O2/c1-18-12-7-4-5-10(16)14(12)11(17-18)9-19-8-3-2-6-13(19)15(20)21/h4-5,7,13H,2-3,6,8-9H2,1H3,(H,20,21)/t13-/m0/s1. The average Bonchev–Trinajstić information content (AvgIpc) is 2.77. The lowest BCUT2D eigenvalue weighted by Gasteiger charge is -2.32. The van der Waals surface area contributed by atoms with Gasteiger partial charge in [0.1, 0.15) is 6.04 Å². The second-order valence-corrected chi connectivity index (χ2v) is 5.93. The monoisotopic (exact) mass is 307 g/mol. The van der Waals surface area contributed by atoms with Crippen molar-refractivity contribution >= 4 is 28.5 Å². The van der Waals surface area contributed by atoms with Crippen LogP contribution in [0.1, 0.15) is 25.0 Å². The predicted octanol–water partition coefficient (Wildman–Crippen LogP) is 2.67. The lowest BCUT2D eigenvalue weighted by atomic mass is 10.0. The van der Waals surface area contributed by atoms with E-state index < -0.39 is 12.0 Å². The first-order chi connectivity index (χ1) is 10.1. The Morgan fingerprint density at radius 2 is 2.29 bits per heavy atom. The number of halogens is 1. The largest absolute Gasteiger partial charge is 0.480 e. The molecule has 1 atom stereocenters. The van der Waals surface area contributed by atoms with Crippen LogP contribution in [0.25, 0.3) is 10.9 Å². The number of carbonyl (C=O) groups is 1. The Hall–Kier alpha value is -1.59. The normalized spacial score (nSPS) is 20.0. The molecular weight excluding hydrogens is 290 g/mol. The molecule has 0 unspecified atom stereocenters. The fraction of sp³-hybridized carbons (Fsp3) is 0.467. The van der Waals surface area contributed by atoms with Gasteiger partial charge >= 0.3 is 5.97 Å². The molecule has 1 aromatic carbocycles. The average molecular weight is 308 g/mol. The molecule has 1 aromatic heterocycles. The molecule has 0 amide bonds. The van der Waals surface area contributed by atoms with E-state index in [9.17, 15) is 9.90 Å². The minimum absolute atomic E-state index is 0.418. The van der Waals surface area contributed by atoms with Crippen molar-refractivity contribution in [1.82, 2.24) is 14.7 Å². The number of aliphatic carboxylic acids is 1. The first kappa shape index (κ1) is 14.4. The molecule has 2 aromatic rings. The summed E-state index contributed by atoms with van der Waals surface area (Å²) in [5.41, 5.74) is 1.83. The molecule has 1 fully saturated rings. The molecule has 0 bridgehead atoms. The zero-order chi connectivity index (χ0) is 15.0. The van der Waals surface area contributed by atoms with E-state index in [1.807, 2.05) is 30.1 Å². The summed E-state index contributed by atoms with van der Waals surface area (Å²) in [5, 5.41) is 15.5. The van der Waals surface area contributed by atoms with E-state index >= 15 is 0 Å². The third kappa shape index (κ3) is 2.63. The molecule has 1 aliphatic rings. The van der Waals surface area contributed by atoms with Crippen LogP contribution in [0.2, 0.25) is 5.02 Å². The van der Waals surface area contributed by atoms with Crippen molar-refractivity contribution in [3.63, 3.8) is 0 Å². The molecule has 0 spiro atoms. The van der Waals surface area contributed by atoms with Crippen LogP contribution in [0, 0.1) is 0 Å². The van der Waals surface area contributed by atoms with Crippen LogP contribution in [-0.2, 0) is 18.4 Å². The molecular formula is C15H18ClN3O2. The maximum absolute atomic E-state index is 11.4. The highest BCUT2D eigenvalue weighted by Gasteiger charge is 2.29. The molecule has 21 heavy (non-hydrogen) atoms. The van der Waals surface area contributed by atoms with E-state index in [0.29, 0.717) is 18.0 Å². The second-order valence-electron chi connectivity index (χ2n) is 5.52. The van der Waals surface area contributed by atoms with Crippen LogP contribution in [0.15, 0.2) is 18.2 Å². The van der Waals surface area contributed by atoms with Gasteiger partial charge < -0.3 is 5.11 Å². The summed E-state index contributed by atoms with van der Waals surface area (Å²) in [7, 11) is 1.88. The smallest absolute Gasteiger partial charge is 0.320 e. The minimum Gasteiger partial charge on any atom is -0.480 e. The highest BCUT2D eigenvalue weighted by Crippen LogP contribution is 2.28. The van der Waals surface area contributed by atoms with Crippen molar-refractivity contribution in [2.24, 2.45) is 7.05 Å². The van der Waals surface area contributed by atoms with Gasteiger partial charge in [-0.2, -0.15) is 5.10 Å². The number of likely N-dealkylation sites (tertiary alicyclic amines) is 1. The number of aromatic nitrogens is 2. The number of carboxylic acid groups (broad SMARTS) is 1. The third-order valence-electron chi connectivity index (χ3n) is 4.15. The first-order valence-corrected chi connectivity index (χ1v) is 7.52. The van der Waals surface area contributed by atoms with Gasteiger partial charge in [-0.15, -0.1) is 0 Å². The highest BCUT2D eigenvalue weighted by atomic mass is 35.5. The SMILES string of the molecule is Cn1nc(CN2CCCC[C@H]2C(=O)O)c2c(Cl)cccc21. The quantitative estimate of drug-likeness (QED) is 0.947. The number of hydrogen-bond acceptors (Lipinski definition) is 3. The van der Waals surface area contributed by atoms with Crippen LogP contribution in [-0.4, -0.2) is 38.3 Å². The van der Waals surface area contributed by atoms with Gasteiger partial charge in [0.05, 0.1) is 16.2 Å². The van der Waals surface area contributed by atoms with Crippen molar-refractivity contribution in [3.05, 3.63) is 28.9 Å². The van der Waals surface area contributed by atoms with Crippen molar-refractivity contribution in [2.45, 2.75) is 31.8 Å². The van der Waals surface area contributed by atoms with Crippen molar-refractivity contribution in [1.29, 1.82) is 0 Å². The third-order valence-corrected chi connectivity index (χ3v) is 4.47. The van der Waals surface area contributed by atoms with Crippen LogP contribution >= 0.6 is 11.6 Å². The molecule has 6 heteroatoms. The number of piperidine rings is 1. The number of fused-ring (bicyclic) bond motifs is 1. The van der Waals surface area contributed by atoms with Gasteiger partial charge in [0.2, 0.25) is 0 Å². The molecule has 0 radical (unpaired) electrons. The lowest BCUT2D eigenvalue weighted by Crippen LogP contribution is -2.44. The summed E-state index contributed by atoms with van der Waals surface area (Å²) in [5.74, 6) is -0.749. The Morgan fingerprint density at radius 1 is 1.48 bits per heavy atom. The van der Waals surface area contributed by atoms with Gasteiger partial charge in [-0.05, 0) is 31.5 Å². The molecule has 1 saturated heterocycles. The summed E-state index contributed by atoms with van der Waals surface area (Å²) < 4.78 is 1.80. The summed E-state index contributed by atoms with van der Waals surface area (Å²) in [4.78, 5) is 13.4. The Morgan fingerprint density at radius 3 is 3.05 bits per heavy atom. The van der Waals surface area contributed by atoms with E-state index in [0.717, 1.165) is 36.0 Å². The zero-order valence-electron chi connectivity index (χ0n) is 11.9. The van der Waals surface area contributed by atoms with Crippen molar-refractivity contribution < 1.29 is 9.90 Å². The van der Waals surface area contributed by atoms with Crippen LogP contribution in [0.5, 0.6) is 0 Å². The fourth-order valence-corrected chi connectivity index (χ4v) is 3.39. The zero-order valence-corrected chi connectivity index (χ0v) is 12.7. The molecule has 112 valence electrons. The van der Waals surface area contributed by atoms with Gasteiger partial charge in [0, 0.05) is 19.0 Å². The molecule has 1 aliphatic heterocycles. The molecule has 0 aliphatic carbocycles. The van der Waals surface area contributed by atoms with Gasteiger partial charge in [-0.3, -0.25) is 14.4 Å². The van der Waals surface area contributed by atoms with Gasteiger partial charge in [-0.25, -0.2) is 0 Å². The summed E-state index contributed by atoms with van der Waals surface area (Å²) in [6.07, 6.45) is 2.70. The maximum atomic E-state index is 11.4. The van der Waals surface area contributed by atoms with E-state index in [1.54, 1.807) is 4.68 Å². The van der Waals surface area contributed by atoms with Crippen LogP contribution in [0.4, 0.5) is 0 Å². The molecule has 3 rings (SSSR count). The highest BCUT2D eigenvalue weighted by molar-refractivity contribution is 6.35. The van der Waals surface area contributed by atoms with Crippen molar-refractivity contribution in [2.75, 3.05) is 6.54 Å². The molecule has 5 nitrogen and oxygen atoms in total. The van der Waals surface area contributed by atoms with Crippen molar-refractivity contribution in [3.8, 4) is 0 Å². The predicted molar refractivity (Wildman–Crippen MR) is 81.4 cm³/mol. The lowest BCUT2D eigenvalue weighted by molar-refractivity contribution is -0.144. The Balaban J connectivity index is 1.96. The number of carboxylic acids is 1. The summed E-state index contributed by atoms with van der Waals surface area (Å²) in [6, 6.07) is 5.30. The van der Waals surface area contributed by atoms with Gasteiger partial charge in [0.15, 0.2) is 0 Å². The van der Waals surface area contributed by atoms with E-state index in [1.165, 1.54) is 0 Å². The Kier molecular flexibility index (Phi) is 3.87. The summed E-state index contributed by atoms with van der Waals surface area (Å²) in [6.45, 7) is 1.32. The Labute approximate surface area is 128 Å². The van der Waals surface area contributed by atoms with E-state index in [-0.39, 0.29) is 0 Å². The number of hydrogen-bond donors (Lipinski definition) is 1. The first-order valence-electron chi connectivity index (χ1n) is 7.15. The Bertz CT molecular complexity index is 683. The maximum Gasteiger partial charge on any atom is 0.320 e. The number of nitrogens with zero attached hydrogens (tertiary/aromatic N) is 3. The molecule has 0 saturated carbocycles. The number of aryl methyl sites for hydroxylation is 1. The van der Waals surface area contributed by atoms with E-state index in [4.69, 9.17) is 11.6 Å². The molecule has 2 heterocycles. The number of rotatable bonds is 3. The van der Waals surface area contributed by atoms with Crippen LogP contribution < -0.4 is 0 Å². The van der Waals surface area contributed by atoms with Gasteiger partial charge in [0.25, 0.3) is 0 Å².